The van der Waals surface area contributed by atoms with Gasteiger partial charge in [-0.25, -0.2) is 4.73 Å². The summed E-state index contributed by atoms with van der Waals surface area (Å²) in [5, 5.41) is 30.6. The predicted octanol–water partition coefficient (Wildman–Crippen LogP) is 1.37. The van der Waals surface area contributed by atoms with E-state index >= 15 is 0 Å². The number of fused-ring (bicyclic) bond motifs is 3. The third-order valence-corrected chi connectivity index (χ3v) is 5.95. The molecule has 32 heavy (non-hydrogen) atoms. The van der Waals surface area contributed by atoms with Crippen LogP contribution in [0.4, 0.5) is 19.1 Å². The van der Waals surface area contributed by atoms with Crippen LogP contribution in [0.25, 0.3) is 11.0 Å². The number of piperidine rings is 1. The van der Waals surface area contributed by atoms with E-state index in [1.807, 2.05) is 0 Å². The number of carbonyl (C=O) groups is 1. The summed E-state index contributed by atoms with van der Waals surface area (Å²) in [7, 11) is 2.09. The number of anilines is 1. The van der Waals surface area contributed by atoms with Crippen molar-refractivity contribution in [2.24, 2.45) is 0 Å². The monoisotopic (exact) mass is 457 g/mol. The zero-order valence-electron chi connectivity index (χ0n) is 17.2. The SMILES string of the molecule is CN1C2CCC1CC(OC(=O)CCNc1n[n+]([O-])c3cc(OC(F)(F)F)ccc3[n+]1[O-])C2. The smallest absolute Gasteiger partial charge is 0.573 e. The summed E-state index contributed by atoms with van der Waals surface area (Å²) >= 11 is 0. The van der Waals surface area contributed by atoms with E-state index < -0.39 is 23.6 Å². The van der Waals surface area contributed by atoms with Gasteiger partial charge >= 0.3 is 23.8 Å². The molecular formula is C19H22F3N5O5. The Hall–Kier alpha value is -3.09. The second-order valence-electron chi connectivity index (χ2n) is 8.00. The number of halogens is 3. The lowest BCUT2D eigenvalue weighted by molar-refractivity contribution is -0.672. The van der Waals surface area contributed by atoms with Gasteiger partial charge in [0.2, 0.25) is 5.10 Å². The summed E-state index contributed by atoms with van der Waals surface area (Å²) in [5.74, 6) is -1.46. The van der Waals surface area contributed by atoms with Crippen molar-refractivity contribution in [3.63, 3.8) is 0 Å². The normalized spacial score (nSPS) is 23.3. The molecule has 0 aliphatic carbocycles. The number of nitrogens with zero attached hydrogens (tertiary/aromatic N) is 4. The fraction of sp³-hybridized carbons (Fsp3) is 0.579. The molecule has 13 heteroatoms. The van der Waals surface area contributed by atoms with Gasteiger partial charge in [0.1, 0.15) is 11.9 Å². The number of hydrogen-bond donors (Lipinski definition) is 1. The van der Waals surface area contributed by atoms with E-state index in [4.69, 9.17) is 4.74 Å². The van der Waals surface area contributed by atoms with Crippen LogP contribution in [-0.2, 0) is 9.53 Å². The summed E-state index contributed by atoms with van der Waals surface area (Å²) in [4.78, 5) is 14.5. The zero-order valence-corrected chi connectivity index (χ0v) is 17.2. The Bertz CT molecular complexity index is 1010. The first-order valence-corrected chi connectivity index (χ1v) is 10.2. The Morgan fingerprint density at radius 2 is 1.94 bits per heavy atom. The van der Waals surface area contributed by atoms with Crippen LogP contribution in [-0.4, -0.2) is 54.1 Å². The molecule has 2 saturated heterocycles. The van der Waals surface area contributed by atoms with Gasteiger partial charge in [0.25, 0.3) is 0 Å². The van der Waals surface area contributed by atoms with Gasteiger partial charge in [-0.3, -0.25) is 10.1 Å². The Kier molecular flexibility index (Phi) is 5.84. The maximum absolute atomic E-state index is 12.4. The van der Waals surface area contributed by atoms with E-state index in [9.17, 15) is 28.4 Å². The first-order chi connectivity index (χ1) is 15.1. The van der Waals surface area contributed by atoms with Gasteiger partial charge in [0.05, 0.1) is 19.0 Å². The molecule has 0 amide bonds. The molecular weight excluding hydrogens is 435 g/mol. The van der Waals surface area contributed by atoms with Crippen molar-refractivity contribution in [3.05, 3.63) is 28.6 Å². The van der Waals surface area contributed by atoms with Gasteiger partial charge in [-0.15, -0.1) is 13.2 Å². The number of benzene rings is 1. The zero-order chi connectivity index (χ0) is 23.0. The maximum Gasteiger partial charge on any atom is 0.573 e. The lowest BCUT2D eigenvalue weighted by atomic mass is 10.0. The molecule has 0 saturated carbocycles. The first kappa shape index (κ1) is 22.1. The van der Waals surface area contributed by atoms with E-state index in [-0.39, 0.29) is 40.1 Å². The van der Waals surface area contributed by atoms with Crippen LogP contribution in [0.3, 0.4) is 0 Å². The minimum Gasteiger partial charge on any atom is -0.739 e. The molecule has 2 aliphatic heterocycles. The van der Waals surface area contributed by atoms with E-state index in [1.165, 1.54) is 0 Å². The Morgan fingerprint density at radius 3 is 2.59 bits per heavy atom. The number of aromatic nitrogens is 3. The lowest BCUT2D eigenvalue weighted by Gasteiger charge is -2.35. The second kappa shape index (κ2) is 8.45. The average molecular weight is 457 g/mol. The van der Waals surface area contributed by atoms with Crippen molar-refractivity contribution in [2.75, 3.05) is 18.9 Å². The third kappa shape index (κ3) is 4.71. The number of rotatable bonds is 6. The maximum atomic E-state index is 12.4. The van der Waals surface area contributed by atoms with Crippen molar-refractivity contribution in [2.45, 2.75) is 56.7 Å². The highest BCUT2D eigenvalue weighted by Crippen LogP contribution is 2.35. The first-order valence-electron chi connectivity index (χ1n) is 10.2. The van der Waals surface area contributed by atoms with Crippen molar-refractivity contribution in [3.8, 4) is 5.75 Å². The van der Waals surface area contributed by atoms with E-state index in [2.05, 4.69) is 27.1 Å². The standard InChI is InChI=1S/C19H22F3N5O5/c1-25-11-2-3-12(25)9-14(8-11)31-17(28)6-7-23-18-24-27(30)16-10-13(32-19(20,21)22)4-5-15(16)26(18)29/h4-5,10-12,14H,2-3,6-9H2,1H3,(H,23,24). The van der Waals surface area contributed by atoms with Crippen molar-refractivity contribution >= 4 is 23.0 Å². The molecule has 2 fully saturated rings. The van der Waals surface area contributed by atoms with E-state index in [0.29, 0.717) is 12.1 Å². The van der Waals surface area contributed by atoms with Gasteiger partial charge in [-0.1, -0.05) is 0 Å². The second-order valence-corrected chi connectivity index (χ2v) is 8.00. The van der Waals surface area contributed by atoms with Crippen LogP contribution in [0.1, 0.15) is 32.1 Å². The molecule has 0 spiro atoms. The molecule has 0 radical (unpaired) electrons. The van der Waals surface area contributed by atoms with Crippen molar-refractivity contribution in [1.82, 2.24) is 10.00 Å². The molecule has 1 aromatic carbocycles. The Balaban J connectivity index is 1.35. The number of hydrogen-bond acceptors (Lipinski definition) is 8. The van der Waals surface area contributed by atoms with Crippen LogP contribution in [0.5, 0.6) is 5.75 Å². The summed E-state index contributed by atoms with van der Waals surface area (Å²) < 4.78 is 46.6. The Morgan fingerprint density at radius 1 is 1.25 bits per heavy atom. The molecule has 1 N–H and O–H groups in total. The quantitative estimate of drug-likeness (QED) is 0.393. The van der Waals surface area contributed by atoms with Crippen LogP contribution < -0.4 is 19.6 Å². The fourth-order valence-electron chi connectivity index (χ4n) is 4.41. The van der Waals surface area contributed by atoms with Crippen LogP contribution in [0.2, 0.25) is 0 Å². The largest absolute Gasteiger partial charge is 0.739 e. The predicted molar refractivity (Wildman–Crippen MR) is 103 cm³/mol. The molecule has 2 unspecified atom stereocenters. The molecule has 1 aromatic heterocycles. The molecule has 3 heterocycles. The molecule has 2 bridgehead atoms. The summed E-state index contributed by atoms with van der Waals surface area (Å²) in [6.07, 6.45) is -1.30. The molecule has 10 nitrogen and oxygen atoms in total. The van der Waals surface area contributed by atoms with Gasteiger partial charge < -0.3 is 24.8 Å². The highest BCUT2D eigenvalue weighted by molar-refractivity contribution is 5.71. The number of ether oxygens (including phenoxy) is 2. The lowest BCUT2D eigenvalue weighted by Crippen LogP contribution is -2.44. The van der Waals surface area contributed by atoms with Crippen molar-refractivity contribution in [1.29, 1.82) is 0 Å². The molecule has 174 valence electrons. The summed E-state index contributed by atoms with van der Waals surface area (Å²) in [5.41, 5.74) is -0.611. The molecule has 2 aromatic rings. The summed E-state index contributed by atoms with van der Waals surface area (Å²) in [6, 6.07) is 3.57. The number of alkyl halides is 3. The fourth-order valence-corrected chi connectivity index (χ4v) is 4.41. The highest BCUT2D eigenvalue weighted by atomic mass is 19.4. The van der Waals surface area contributed by atoms with Gasteiger partial charge in [0.15, 0.2) is 5.52 Å². The van der Waals surface area contributed by atoms with E-state index in [1.54, 1.807) is 0 Å². The number of nitrogens with one attached hydrogen (secondary N) is 1. The van der Waals surface area contributed by atoms with Crippen molar-refractivity contribution < 1.29 is 37.0 Å². The average Bonchev–Trinajstić information content (AvgIpc) is 2.91. The number of esters is 1. The van der Waals surface area contributed by atoms with Gasteiger partial charge in [0, 0.05) is 16.9 Å². The Labute approximate surface area is 180 Å². The third-order valence-electron chi connectivity index (χ3n) is 5.95. The van der Waals surface area contributed by atoms with Crippen LogP contribution in [0.15, 0.2) is 18.2 Å². The van der Waals surface area contributed by atoms with Crippen LogP contribution >= 0.6 is 0 Å². The van der Waals surface area contributed by atoms with Gasteiger partial charge in [-0.2, -0.15) is 0 Å². The topological polar surface area (TPSA) is 118 Å². The number of carbonyl (C=O) groups excluding carboxylic acids is 1. The summed E-state index contributed by atoms with van der Waals surface area (Å²) in [6.45, 7) is -0.00563. The molecule has 4 rings (SSSR count). The van der Waals surface area contributed by atoms with Crippen LogP contribution in [0, 0.1) is 10.4 Å². The highest BCUT2D eigenvalue weighted by Gasteiger charge is 2.39. The van der Waals surface area contributed by atoms with Gasteiger partial charge in [-0.05, 0) is 44.9 Å². The molecule has 2 aliphatic rings. The minimum absolute atomic E-state index is 0.00563. The van der Waals surface area contributed by atoms with E-state index in [0.717, 1.165) is 43.9 Å². The minimum atomic E-state index is -4.94. The molecule has 2 atom stereocenters.